The second-order valence-electron chi connectivity index (χ2n) is 34.9. The van der Waals surface area contributed by atoms with Crippen LogP contribution < -0.4 is 37.2 Å². The van der Waals surface area contributed by atoms with Crippen molar-refractivity contribution in [3.05, 3.63) is 0 Å². The minimum atomic E-state index is -4.62. The lowest BCUT2D eigenvalue weighted by Gasteiger charge is -2.30. The Balaban J connectivity index is -0.000000290. The molecule has 0 saturated carbocycles. The summed E-state index contributed by atoms with van der Waals surface area (Å²) in [5.41, 5.74) is 0. The van der Waals surface area contributed by atoms with Crippen LogP contribution in [0.1, 0.15) is 466 Å². The summed E-state index contributed by atoms with van der Waals surface area (Å²) in [5, 5.41) is 11.5. The van der Waals surface area contributed by atoms with Crippen LogP contribution in [0, 0.1) is 0 Å². The number of rotatable bonds is 76. The molecule has 0 spiro atoms. The lowest BCUT2D eigenvalue weighted by molar-refractivity contribution is -0.890. The zero-order valence-corrected chi connectivity index (χ0v) is 76.5. The standard InChI is InChI=1S/4C22H48N.C3H8NO5P.BrH/c4*1-5-7-9-11-13-15-17-19-21-23(3,4)22-20-18-16-14-12-10-8-6-2;5-3(6)1-4-2-10(7,8)9;/h4*5-22H2,1-4H3;4H,1-2H2,(H,5,6)(H2,7,8,9);1H/q4*+1;;/p-4. The first-order valence-electron chi connectivity index (χ1n) is 46.1. The van der Waals surface area contributed by atoms with E-state index in [9.17, 15) is 24.3 Å². The highest BCUT2D eigenvalue weighted by Crippen LogP contribution is 2.21. The van der Waals surface area contributed by atoms with Crippen molar-refractivity contribution >= 4 is 13.6 Å². The van der Waals surface area contributed by atoms with E-state index in [2.05, 4.69) is 112 Å². The lowest BCUT2D eigenvalue weighted by atomic mass is 10.1. The van der Waals surface area contributed by atoms with Gasteiger partial charge in [-0.1, -0.05) is 371 Å². The fraction of sp³-hybridized carbons (Fsp3) is 0.989. The van der Waals surface area contributed by atoms with E-state index in [4.69, 9.17) is 0 Å². The van der Waals surface area contributed by atoms with Gasteiger partial charge in [-0.3, -0.25) is 0 Å². The van der Waals surface area contributed by atoms with Crippen molar-refractivity contribution in [1.82, 2.24) is 5.32 Å². The second-order valence-corrected chi connectivity index (χ2v) is 36.4. The molecule has 0 aromatic rings. The van der Waals surface area contributed by atoms with Gasteiger partial charge in [-0.15, -0.1) is 0 Å². The summed E-state index contributed by atoms with van der Waals surface area (Å²) in [6.45, 7) is 28.8. The fourth-order valence-corrected chi connectivity index (χ4v) is 14.5. The third kappa shape index (κ3) is 113. The van der Waals surface area contributed by atoms with E-state index in [-0.39, 0.29) is 17.0 Å². The summed E-state index contributed by atoms with van der Waals surface area (Å²) in [4.78, 5) is 29.2. The van der Waals surface area contributed by atoms with E-state index in [1.54, 1.807) is 0 Å². The molecule has 0 fully saturated rings. The Morgan fingerprint density at radius 1 is 0.233 bits per heavy atom. The number of halogens is 1. The monoisotopic (exact) mass is 1550 g/mol. The van der Waals surface area contributed by atoms with Gasteiger partial charge >= 0.3 is 0 Å². The van der Waals surface area contributed by atoms with Crippen molar-refractivity contribution in [2.45, 2.75) is 466 Å². The zero-order valence-electron chi connectivity index (χ0n) is 74.0. The Bertz CT molecular complexity index is 1340. The Hall–Kier alpha value is -0.100. The Morgan fingerprint density at radius 2 is 0.340 bits per heavy atom. The zero-order chi connectivity index (χ0) is 77.1. The Kier molecular flexibility index (Phi) is 98.4. The minimum absolute atomic E-state index is 0. The van der Waals surface area contributed by atoms with Gasteiger partial charge in [0.2, 0.25) is 0 Å². The summed E-state index contributed by atoms with van der Waals surface area (Å²) >= 11 is 0. The fourth-order valence-electron chi connectivity index (χ4n) is 14.1. The highest BCUT2D eigenvalue weighted by atomic mass is 79.9. The number of carbonyl (C=O) groups excluding carboxylic acids is 1. The van der Waals surface area contributed by atoms with Crippen LogP contribution in [0.3, 0.4) is 0 Å². The summed E-state index contributed by atoms with van der Waals surface area (Å²) in [6.07, 6.45) is 91.3. The highest BCUT2D eigenvalue weighted by molar-refractivity contribution is 7.48. The predicted octanol–water partition coefficient (Wildman–Crippen LogP) is 22.6. The number of unbranched alkanes of at least 4 members (excludes halogenated alkanes) is 56. The van der Waals surface area contributed by atoms with E-state index in [0.29, 0.717) is 0 Å². The van der Waals surface area contributed by atoms with Crippen molar-refractivity contribution in [2.24, 2.45) is 0 Å². The van der Waals surface area contributed by atoms with E-state index in [1.165, 1.54) is 481 Å². The van der Waals surface area contributed by atoms with Gasteiger partial charge in [0.15, 0.2) is 0 Å². The van der Waals surface area contributed by atoms with E-state index < -0.39 is 26.4 Å². The van der Waals surface area contributed by atoms with Gasteiger partial charge in [0.05, 0.1) is 115 Å². The molecule has 10 nitrogen and oxygen atoms in total. The van der Waals surface area contributed by atoms with Crippen molar-refractivity contribution in [3.8, 4) is 0 Å². The van der Waals surface area contributed by atoms with E-state index >= 15 is 0 Å². The van der Waals surface area contributed by atoms with Gasteiger partial charge in [-0.05, 0) is 103 Å². The maximum Gasteiger partial charge on any atom is 0.0782 e. The van der Waals surface area contributed by atoms with Crippen molar-refractivity contribution in [2.75, 3.05) is 122 Å². The van der Waals surface area contributed by atoms with Gasteiger partial charge < -0.3 is 64.5 Å². The minimum Gasteiger partial charge on any atom is -1.00 e. The first kappa shape index (κ1) is 114. The molecule has 0 atom stereocenters. The molecule has 0 unspecified atom stereocenters. The van der Waals surface area contributed by atoms with Gasteiger partial charge in [-0.25, -0.2) is 0 Å². The molecule has 0 amide bonds. The van der Waals surface area contributed by atoms with Crippen molar-refractivity contribution in [3.63, 3.8) is 0 Å². The molecule has 1 N–H and O–H groups in total. The third-order valence-electron chi connectivity index (χ3n) is 21.5. The number of nitrogens with one attached hydrogen (secondary N) is 1. The molecule has 0 radical (unpaired) electrons. The quantitative estimate of drug-likeness (QED) is 0.0368. The number of carboxylic acids is 1. The summed E-state index contributed by atoms with van der Waals surface area (Å²) in [5.74, 6) is -1.45. The maximum atomic E-state index is 9.81. The molecule has 0 bridgehead atoms. The maximum absolute atomic E-state index is 9.81. The van der Waals surface area contributed by atoms with E-state index in [0.717, 1.165) is 0 Å². The molecule has 628 valence electrons. The van der Waals surface area contributed by atoms with Crippen LogP contribution in [-0.2, 0) is 9.36 Å². The SMILES string of the molecule is CCCCCCCCCC[N+](C)(C)CCCCCCCCCC.CCCCCCCCCC[N+](C)(C)CCCCCCCCCC.CCCCCCCCCC[N+](C)(C)CCCCCCCCCC.CCCCCCCCCC[N+](C)(C)CCCCCCCCCC.O=C([O-])CNCP(=O)([O-])[O-].[Br-]. The van der Waals surface area contributed by atoms with Gasteiger partial charge in [0.25, 0.3) is 0 Å². The predicted molar refractivity (Wildman–Crippen MR) is 454 cm³/mol. The molecule has 12 heteroatoms. The Labute approximate surface area is 662 Å². The van der Waals surface area contributed by atoms with Crippen LogP contribution in [0.15, 0.2) is 0 Å². The van der Waals surface area contributed by atoms with Crippen molar-refractivity contribution in [1.29, 1.82) is 0 Å². The van der Waals surface area contributed by atoms with Gasteiger partial charge in [0, 0.05) is 12.8 Å². The molecule has 0 rings (SSSR count). The van der Waals surface area contributed by atoms with Crippen molar-refractivity contribution < 1.29 is 59.2 Å². The smallest absolute Gasteiger partial charge is 0.0782 e. The summed E-state index contributed by atoms with van der Waals surface area (Å²) in [7, 11) is 14.8. The summed E-state index contributed by atoms with van der Waals surface area (Å²) < 4.78 is 14.8. The number of aliphatic carboxylic acids is 1. The number of nitrogens with zero attached hydrogens (tertiary/aromatic N) is 4. The van der Waals surface area contributed by atoms with Gasteiger partial charge in [0.1, 0.15) is 0 Å². The number of carboxylic acid groups (broad SMARTS) is 1. The molecule has 0 aliphatic carbocycles. The van der Waals surface area contributed by atoms with Crippen LogP contribution in [0.2, 0.25) is 0 Å². The van der Waals surface area contributed by atoms with Crippen LogP contribution in [-0.4, -0.2) is 145 Å². The van der Waals surface area contributed by atoms with E-state index in [1.807, 2.05) is 5.32 Å². The molecule has 0 saturated heterocycles. The lowest BCUT2D eigenvalue weighted by Crippen LogP contribution is -3.00. The van der Waals surface area contributed by atoms with Crippen LogP contribution in [0.25, 0.3) is 0 Å². The third-order valence-corrected chi connectivity index (χ3v) is 22.1. The first-order chi connectivity index (χ1) is 48.9. The van der Waals surface area contributed by atoms with Gasteiger partial charge in [-0.2, -0.15) is 0 Å². The molecule has 0 aliphatic heterocycles. The number of carbonyl (C=O) groups is 1. The number of hydrogen-bond donors (Lipinski definition) is 1. The number of quaternary nitrogens is 4. The molecule has 103 heavy (non-hydrogen) atoms. The van der Waals surface area contributed by atoms with Crippen LogP contribution in [0.4, 0.5) is 0 Å². The highest BCUT2D eigenvalue weighted by Gasteiger charge is 2.17. The molecular formula is C91H197BrN5O5P. The normalized spacial score (nSPS) is 11.8. The van der Waals surface area contributed by atoms with Crippen LogP contribution in [0.5, 0.6) is 0 Å². The molecule has 0 heterocycles. The molecule has 0 aliphatic rings. The largest absolute Gasteiger partial charge is 1.00 e. The average molecular weight is 1550 g/mol. The molecule has 0 aromatic heterocycles. The summed E-state index contributed by atoms with van der Waals surface area (Å²) in [6, 6.07) is 0. The second kappa shape index (κ2) is 89.1. The van der Waals surface area contributed by atoms with Crippen LogP contribution >= 0.6 is 7.60 Å². The average Bonchev–Trinajstić information content (AvgIpc) is 1.14. The Morgan fingerprint density at radius 3 is 0.437 bits per heavy atom. The first-order valence-corrected chi connectivity index (χ1v) is 47.8. The topological polar surface area (TPSA) is 115 Å². The molecular weight excluding hydrogens is 1350 g/mol. The molecule has 0 aromatic carbocycles. The number of hydrogen-bond acceptors (Lipinski definition) is 6.